The molecule has 0 spiro atoms. The number of carbonyl (C=O) groups excluding carboxylic acids is 1. The van der Waals surface area contributed by atoms with Crippen molar-refractivity contribution in [1.29, 1.82) is 0 Å². The van der Waals surface area contributed by atoms with Crippen molar-refractivity contribution < 1.29 is 42.5 Å². The van der Waals surface area contributed by atoms with Gasteiger partial charge in [0.2, 0.25) is 0 Å². The number of aliphatic hydroxyl groups is 2. The number of para-hydroxylation sites is 1. The van der Waals surface area contributed by atoms with E-state index in [2.05, 4.69) is 5.09 Å². The Morgan fingerprint density at radius 1 is 1.25 bits per heavy atom. The van der Waals surface area contributed by atoms with Gasteiger partial charge in [-0.05, 0) is 51.7 Å². The van der Waals surface area contributed by atoms with Gasteiger partial charge in [-0.1, -0.05) is 24.6 Å². The third-order valence-electron chi connectivity index (χ3n) is 6.96. The first kappa shape index (κ1) is 30.1. The Labute approximate surface area is 228 Å². The van der Waals surface area contributed by atoms with Crippen molar-refractivity contribution in [3.8, 4) is 5.75 Å². The molecule has 6 unspecified atom stereocenters. The third-order valence-corrected chi connectivity index (χ3v) is 8.59. The molecule has 220 valence electrons. The topological polar surface area (TPSA) is 178 Å². The van der Waals surface area contributed by atoms with Gasteiger partial charge in [0.25, 0.3) is 11.4 Å². The predicted molar refractivity (Wildman–Crippen MR) is 138 cm³/mol. The number of rotatable bonds is 10. The van der Waals surface area contributed by atoms with Crippen LogP contribution in [0.25, 0.3) is 0 Å². The molecule has 2 aliphatic rings. The lowest BCUT2D eigenvalue weighted by atomic mass is 9.93. The second-order valence-electron chi connectivity index (χ2n) is 10.1. The van der Waals surface area contributed by atoms with Gasteiger partial charge in [0, 0.05) is 12.3 Å². The maximum Gasteiger partial charge on any atom is 0.459 e. The third kappa shape index (κ3) is 6.54. The number of ether oxygens (including phenoxy) is 2. The van der Waals surface area contributed by atoms with Gasteiger partial charge in [0.15, 0.2) is 11.8 Å². The van der Waals surface area contributed by atoms with Crippen LogP contribution >= 0.6 is 7.75 Å². The Morgan fingerprint density at radius 2 is 1.93 bits per heavy atom. The van der Waals surface area contributed by atoms with E-state index in [0.29, 0.717) is 17.4 Å². The number of aliphatic hydroxyl groups excluding tert-OH is 1. The van der Waals surface area contributed by atoms with E-state index in [0.717, 1.165) is 38.4 Å². The van der Waals surface area contributed by atoms with E-state index in [-0.39, 0.29) is 11.9 Å². The fraction of sp³-hybridized carbons (Fsp3) is 0.560. The lowest BCUT2D eigenvalue weighted by molar-refractivity contribution is -0.234. The van der Waals surface area contributed by atoms with E-state index in [4.69, 9.17) is 18.5 Å². The van der Waals surface area contributed by atoms with E-state index >= 15 is 4.39 Å². The molecule has 2 fully saturated rings. The lowest BCUT2D eigenvalue weighted by Crippen LogP contribution is -2.54. The van der Waals surface area contributed by atoms with Crippen molar-refractivity contribution in [2.45, 2.75) is 81.9 Å². The summed E-state index contributed by atoms with van der Waals surface area (Å²) >= 11 is 0. The largest absolute Gasteiger partial charge is 0.461 e. The van der Waals surface area contributed by atoms with Crippen LogP contribution in [0.4, 0.5) is 4.39 Å². The number of hydrogen-bond acceptors (Lipinski definition) is 10. The molecule has 0 radical (unpaired) electrons. The summed E-state index contributed by atoms with van der Waals surface area (Å²) in [6, 6.07) is 7.51. The fourth-order valence-electron chi connectivity index (χ4n) is 4.51. The first-order valence-electron chi connectivity index (χ1n) is 12.9. The zero-order valence-corrected chi connectivity index (χ0v) is 22.9. The van der Waals surface area contributed by atoms with Gasteiger partial charge >= 0.3 is 19.4 Å². The minimum Gasteiger partial charge on any atom is -0.461 e. The molecule has 4 N–H and O–H groups in total. The van der Waals surface area contributed by atoms with Crippen molar-refractivity contribution in [3.05, 3.63) is 63.4 Å². The molecule has 4 rings (SSSR count). The summed E-state index contributed by atoms with van der Waals surface area (Å²) in [6.07, 6.45) is 1.23. The van der Waals surface area contributed by atoms with Crippen LogP contribution in [0.15, 0.2) is 52.2 Å². The molecule has 2 aromatic rings. The first-order chi connectivity index (χ1) is 18.8. The Hall–Kier alpha value is -2.87. The summed E-state index contributed by atoms with van der Waals surface area (Å²) < 4.78 is 52.2. The number of hydrogen-bond donors (Lipinski definition) is 4. The Kier molecular flexibility index (Phi) is 8.98. The zero-order chi connectivity index (χ0) is 29.1. The minimum absolute atomic E-state index is 0.0656. The van der Waals surface area contributed by atoms with Gasteiger partial charge in [0.1, 0.15) is 30.6 Å². The van der Waals surface area contributed by atoms with Crippen LogP contribution in [0.2, 0.25) is 0 Å². The smallest absolute Gasteiger partial charge is 0.459 e. The summed E-state index contributed by atoms with van der Waals surface area (Å²) in [5.41, 5.74) is -4.45. The van der Waals surface area contributed by atoms with Gasteiger partial charge in [0.05, 0.1) is 0 Å². The molecule has 1 aromatic heterocycles. The van der Waals surface area contributed by atoms with Gasteiger partial charge in [-0.3, -0.25) is 23.7 Å². The van der Waals surface area contributed by atoms with Crippen LogP contribution in [0.5, 0.6) is 5.75 Å². The second-order valence-corrected chi connectivity index (χ2v) is 11.8. The second kappa shape index (κ2) is 11.9. The van der Waals surface area contributed by atoms with Crippen LogP contribution in [0.1, 0.15) is 52.2 Å². The highest BCUT2D eigenvalue weighted by Gasteiger charge is 2.65. The van der Waals surface area contributed by atoms with Gasteiger partial charge < -0.3 is 24.2 Å². The van der Waals surface area contributed by atoms with E-state index in [1.54, 1.807) is 18.2 Å². The molecular formula is C25H33FN3O10P. The van der Waals surface area contributed by atoms with Crippen LogP contribution in [0.3, 0.4) is 0 Å². The molecule has 1 saturated heterocycles. The molecule has 6 atom stereocenters. The average molecular weight is 586 g/mol. The van der Waals surface area contributed by atoms with E-state index in [1.165, 1.54) is 19.1 Å². The molecule has 1 saturated carbocycles. The van der Waals surface area contributed by atoms with Gasteiger partial charge in [-0.25, -0.2) is 13.8 Å². The number of H-pyrrole nitrogens is 1. The number of carbonyl (C=O) groups is 1. The maximum atomic E-state index is 16.1. The number of benzene rings is 1. The number of halogens is 1. The van der Waals surface area contributed by atoms with Crippen molar-refractivity contribution in [2.24, 2.45) is 0 Å². The summed E-state index contributed by atoms with van der Waals surface area (Å²) in [7, 11) is -4.56. The normalized spacial score (nSPS) is 29.4. The number of esters is 1. The van der Waals surface area contributed by atoms with Crippen LogP contribution in [-0.2, 0) is 23.4 Å². The number of nitrogens with one attached hydrogen (secondary N) is 2. The molecule has 1 aliphatic heterocycles. The molecule has 1 aliphatic carbocycles. The van der Waals surface area contributed by atoms with E-state index in [1.807, 2.05) is 4.98 Å². The average Bonchev–Trinajstić information content (AvgIpc) is 3.08. The molecule has 2 heterocycles. The van der Waals surface area contributed by atoms with Crippen molar-refractivity contribution in [2.75, 3.05) is 6.61 Å². The zero-order valence-electron chi connectivity index (χ0n) is 22.0. The SMILES string of the molecule is CC(NP(=O)(OCC1(F)OC(n2ccc(=O)[nH]c2=O)C(O)C1(C)O)Oc1ccccc1)C(=O)OC1CCCCC1. The van der Waals surface area contributed by atoms with Crippen molar-refractivity contribution >= 4 is 13.7 Å². The van der Waals surface area contributed by atoms with E-state index in [9.17, 15) is 29.2 Å². The van der Waals surface area contributed by atoms with Gasteiger partial charge in [-0.2, -0.15) is 5.09 Å². The van der Waals surface area contributed by atoms with Crippen LogP contribution < -0.4 is 20.9 Å². The van der Waals surface area contributed by atoms with Gasteiger partial charge in [-0.15, -0.1) is 0 Å². The lowest BCUT2D eigenvalue weighted by Gasteiger charge is -2.33. The molecule has 15 heteroatoms. The molecule has 0 bridgehead atoms. The Balaban J connectivity index is 1.53. The fourth-order valence-corrected chi connectivity index (χ4v) is 6.00. The highest BCUT2D eigenvalue weighted by atomic mass is 31.2. The number of aromatic nitrogens is 2. The molecular weight excluding hydrogens is 552 g/mol. The number of alkyl halides is 1. The highest BCUT2D eigenvalue weighted by Crippen LogP contribution is 2.50. The standard InChI is InChI=1S/C25H33FN3O10P/c1-16(22(32)37-17-9-5-3-6-10-17)28-40(35,39-18-11-7-4-8-12-18)36-15-25(26)24(2,34)20(31)21(38-25)29-14-13-19(30)27-23(29)33/h4,7-8,11-14,16-17,20-21,31,34H,3,5-6,9-10,15H2,1-2H3,(H,28,35)(H,27,30,33). The summed E-state index contributed by atoms with van der Waals surface area (Å²) in [6.45, 7) is 1.02. The first-order valence-corrected chi connectivity index (χ1v) is 14.4. The molecule has 40 heavy (non-hydrogen) atoms. The summed E-state index contributed by atoms with van der Waals surface area (Å²) in [4.78, 5) is 38.3. The summed E-state index contributed by atoms with van der Waals surface area (Å²) in [5, 5.41) is 23.9. The van der Waals surface area contributed by atoms with Crippen LogP contribution in [-0.4, -0.2) is 62.0 Å². The molecule has 13 nitrogen and oxygen atoms in total. The predicted octanol–water partition coefficient (Wildman–Crippen LogP) is 1.90. The van der Waals surface area contributed by atoms with Crippen LogP contribution in [0, 0.1) is 0 Å². The number of nitrogens with zero attached hydrogens (tertiary/aromatic N) is 1. The Morgan fingerprint density at radius 3 is 2.58 bits per heavy atom. The molecule has 0 amide bonds. The van der Waals surface area contributed by atoms with E-state index < -0.39 is 61.4 Å². The monoisotopic (exact) mass is 585 g/mol. The minimum atomic E-state index is -4.56. The Bertz CT molecular complexity index is 1350. The molecule has 1 aromatic carbocycles. The summed E-state index contributed by atoms with van der Waals surface area (Å²) in [5.74, 6) is -3.87. The highest BCUT2D eigenvalue weighted by molar-refractivity contribution is 7.52. The maximum absolute atomic E-state index is 16.1. The quantitative estimate of drug-likeness (QED) is 0.236. The van der Waals surface area contributed by atoms with Crippen molar-refractivity contribution in [3.63, 3.8) is 0 Å². The number of aromatic amines is 1. The van der Waals surface area contributed by atoms with Crippen molar-refractivity contribution in [1.82, 2.24) is 14.6 Å².